The van der Waals surface area contributed by atoms with Gasteiger partial charge in [-0.3, -0.25) is 0 Å². The number of aryl methyl sites for hydroxylation is 2. The third kappa shape index (κ3) is 5.79. The molecule has 0 aliphatic heterocycles. The van der Waals surface area contributed by atoms with Crippen LogP contribution in [0.1, 0.15) is 76.5 Å². The molecule has 0 unspecified atom stereocenters. The molecule has 0 bridgehead atoms. The zero-order valence-electron chi connectivity index (χ0n) is 17.2. The van der Waals surface area contributed by atoms with E-state index < -0.39 is 0 Å². The second-order valence-electron chi connectivity index (χ2n) is 8.36. The van der Waals surface area contributed by atoms with Gasteiger partial charge in [-0.05, 0) is 66.6 Å². The fourth-order valence-corrected chi connectivity index (χ4v) is 3.25. The van der Waals surface area contributed by atoms with E-state index in [4.69, 9.17) is 10.5 Å². The number of rotatable bonds is 8. The molecule has 0 amide bonds. The van der Waals surface area contributed by atoms with E-state index in [0.29, 0.717) is 0 Å². The molecule has 2 aromatic carbocycles. The summed E-state index contributed by atoms with van der Waals surface area (Å²) in [6.07, 6.45) is 7.73. The molecule has 0 saturated heterocycles. The first-order valence-electron chi connectivity index (χ1n) is 9.98. The van der Waals surface area contributed by atoms with E-state index in [1.54, 1.807) is 0 Å². The van der Waals surface area contributed by atoms with E-state index in [-0.39, 0.29) is 5.41 Å². The van der Waals surface area contributed by atoms with Gasteiger partial charge in [0.25, 0.3) is 0 Å². The first-order valence-corrected chi connectivity index (χ1v) is 9.98. The highest BCUT2D eigenvalue weighted by Crippen LogP contribution is 2.37. The molecule has 2 nitrogen and oxygen atoms in total. The van der Waals surface area contributed by atoms with Crippen LogP contribution in [-0.2, 0) is 11.8 Å². The Balaban J connectivity index is 2.22. The molecule has 2 heteroatoms. The molecule has 2 N–H and O–H groups in total. The number of ether oxygens (including phenoxy) is 1. The van der Waals surface area contributed by atoms with Crippen LogP contribution in [-0.4, -0.2) is 0 Å². The Morgan fingerprint density at radius 2 is 1.58 bits per heavy atom. The summed E-state index contributed by atoms with van der Waals surface area (Å²) in [5.41, 5.74) is 10.6. The van der Waals surface area contributed by atoms with E-state index in [2.05, 4.69) is 46.8 Å². The lowest BCUT2D eigenvalue weighted by molar-refractivity contribution is 0.454. The highest BCUT2D eigenvalue weighted by atomic mass is 16.5. The molecule has 2 aromatic rings. The van der Waals surface area contributed by atoms with Crippen LogP contribution in [0.15, 0.2) is 36.4 Å². The predicted octanol–water partition coefficient (Wildman–Crippen LogP) is 7.18. The lowest BCUT2D eigenvalue weighted by Gasteiger charge is -2.25. The molecule has 26 heavy (non-hydrogen) atoms. The number of hydrogen-bond acceptors (Lipinski definition) is 2. The van der Waals surface area contributed by atoms with Gasteiger partial charge in [0.15, 0.2) is 0 Å². The second kappa shape index (κ2) is 9.12. The van der Waals surface area contributed by atoms with Gasteiger partial charge in [0, 0.05) is 11.3 Å². The van der Waals surface area contributed by atoms with Gasteiger partial charge in [-0.1, -0.05) is 59.4 Å². The van der Waals surface area contributed by atoms with Crippen LogP contribution in [0.2, 0.25) is 0 Å². The van der Waals surface area contributed by atoms with E-state index in [1.807, 2.05) is 24.3 Å². The van der Waals surface area contributed by atoms with E-state index in [0.717, 1.165) is 23.6 Å². The molecular weight excluding hydrogens is 318 g/mol. The number of unbranched alkanes of at least 4 members (excludes halogenated alkanes) is 4. The zero-order chi connectivity index (χ0) is 19.2. The number of anilines is 1. The van der Waals surface area contributed by atoms with Crippen molar-refractivity contribution in [2.45, 2.75) is 78.6 Å². The van der Waals surface area contributed by atoms with Crippen molar-refractivity contribution < 1.29 is 4.74 Å². The van der Waals surface area contributed by atoms with Gasteiger partial charge >= 0.3 is 0 Å². The van der Waals surface area contributed by atoms with Crippen molar-refractivity contribution in [2.24, 2.45) is 0 Å². The maximum absolute atomic E-state index is 6.23. The van der Waals surface area contributed by atoms with Crippen molar-refractivity contribution in [2.75, 3.05) is 5.73 Å². The Kier molecular flexibility index (Phi) is 7.14. The van der Waals surface area contributed by atoms with Crippen molar-refractivity contribution in [1.82, 2.24) is 0 Å². The SMILES string of the molecule is CCCCCCCc1cc(C(C)(C)C)c(Oc2ccc(N)cc2)cc1C. The standard InChI is InChI=1S/C24H35NO/c1-6-7-8-9-10-11-19-17-22(24(3,4)5)23(16-18(19)2)26-21-14-12-20(25)13-15-21/h12-17H,6-11,25H2,1-5H3. The lowest BCUT2D eigenvalue weighted by Crippen LogP contribution is -2.14. The molecule has 142 valence electrons. The van der Waals surface area contributed by atoms with Gasteiger partial charge in [0.05, 0.1) is 0 Å². The molecule has 0 radical (unpaired) electrons. The molecule has 0 aromatic heterocycles. The first kappa shape index (κ1) is 20.4. The van der Waals surface area contributed by atoms with Crippen LogP contribution in [0.25, 0.3) is 0 Å². The number of nitrogen functional groups attached to an aromatic ring is 1. The van der Waals surface area contributed by atoms with Crippen molar-refractivity contribution in [3.05, 3.63) is 53.1 Å². The van der Waals surface area contributed by atoms with Crippen LogP contribution in [0.3, 0.4) is 0 Å². The van der Waals surface area contributed by atoms with Gasteiger partial charge in [0.1, 0.15) is 11.5 Å². The average molecular weight is 354 g/mol. The Hall–Kier alpha value is -1.96. The van der Waals surface area contributed by atoms with Gasteiger partial charge < -0.3 is 10.5 Å². The average Bonchev–Trinajstić information content (AvgIpc) is 2.57. The Morgan fingerprint density at radius 1 is 0.923 bits per heavy atom. The van der Waals surface area contributed by atoms with Crippen LogP contribution < -0.4 is 10.5 Å². The van der Waals surface area contributed by atoms with Crippen molar-refractivity contribution in [1.29, 1.82) is 0 Å². The third-order valence-electron chi connectivity index (χ3n) is 4.90. The molecule has 0 atom stereocenters. The Bertz CT molecular complexity index is 695. The highest BCUT2D eigenvalue weighted by molar-refractivity contribution is 5.49. The molecule has 0 aliphatic rings. The summed E-state index contributed by atoms with van der Waals surface area (Å²) in [7, 11) is 0. The molecule has 0 saturated carbocycles. The minimum atomic E-state index is 0.0355. The summed E-state index contributed by atoms with van der Waals surface area (Å²) in [5.74, 6) is 1.78. The first-order chi connectivity index (χ1) is 12.3. The molecule has 0 spiro atoms. The highest BCUT2D eigenvalue weighted by Gasteiger charge is 2.21. The molecule has 2 rings (SSSR count). The second-order valence-corrected chi connectivity index (χ2v) is 8.36. The van der Waals surface area contributed by atoms with E-state index in [9.17, 15) is 0 Å². The summed E-state index contributed by atoms with van der Waals surface area (Å²) >= 11 is 0. The van der Waals surface area contributed by atoms with Crippen molar-refractivity contribution in [3.8, 4) is 11.5 Å². The van der Waals surface area contributed by atoms with Crippen LogP contribution in [0.4, 0.5) is 5.69 Å². The number of nitrogens with two attached hydrogens (primary N) is 1. The van der Waals surface area contributed by atoms with Crippen molar-refractivity contribution in [3.63, 3.8) is 0 Å². The van der Waals surface area contributed by atoms with Gasteiger partial charge in [-0.15, -0.1) is 0 Å². The minimum absolute atomic E-state index is 0.0355. The van der Waals surface area contributed by atoms with Crippen LogP contribution in [0.5, 0.6) is 11.5 Å². The summed E-state index contributed by atoms with van der Waals surface area (Å²) in [6.45, 7) is 11.2. The summed E-state index contributed by atoms with van der Waals surface area (Å²) < 4.78 is 6.23. The van der Waals surface area contributed by atoms with Gasteiger partial charge in [0.2, 0.25) is 0 Å². The maximum atomic E-state index is 6.23. The summed E-state index contributed by atoms with van der Waals surface area (Å²) in [5, 5.41) is 0. The summed E-state index contributed by atoms with van der Waals surface area (Å²) in [6, 6.07) is 12.2. The van der Waals surface area contributed by atoms with Gasteiger partial charge in [-0.2, -0.15) is 0 Å². The molecule has 0 heterocycles. The Labute approximate surface area is 159 Å². The molecule has 0 aliphatic carbocycles. The number of hydrogen-bond donors (Lipinski definition) is 1. The lowest BCUT2D eigenvalue weighted by atomic mass is 9.83. The monoisotopic (exact) mass is 353 g/mol. The van der Waals surface area contributed by atoms with E-state index in [1.165, 1.54) is 48.8 Å². The topological polar surface area (TPSA) is 35.2 Å². The molecular formula is C24H35NO. The van der Waals surface area contributed by atoms with E-state index >= 15 is 0 Å². The maximum Gasteiger partial charge on any atom is 0.131 e. The Morgan fingerprint density at radius 3 is 2.19 bits per heavy atom. The largest absolute Gasteiger partial charge is 0.457 e. The fraction of sp³-hybridized carbons (Fsp3) is 0.500. The summed E-state index contributed by atoms with van der Waals surface area (Å²) in [4.78, 5) is 0. The van der Waals surface area contributed by atoms with Gasteiger partial charge in [-0.25, -0.2) is 0 Å². The van der Waals surface area contributed by atoms with Crippen LogP contribution in [0, 0.1) is 6.92 Å². The number of benzene rings is 2. The zero-order valence-corrected chi connectivity index (χ0v) is 17.2. The quantitative estimate of drug-likeness (QED) is 0.403. The molecule has 0 fully saturated rings. The van der Waals surface area contributed by atoms with Crippen molar-refractivity contribution >= 4 is 5.69 Å². The predicted molar refractivity (Wildman–Crippen MR) is 113 cm³/mol. The fourth-order valence-electron chi connectivity index (χ4n) is 3.25. The normalized spacial score (nSPS) is 11.6. The minimum Gasteiger partial charge on any atom is -0.457 e. The third-order valence-corrected chi connectivity index (χ3v) is 4.90. The smallest absolute Gasteiger partial charge is 0.131 e. The van der Waals surface area contributed by atoms with Crippen LogP contribution >= 0.6 is 0 Å².